The molecule has 4 atom stereocenters. The number of anilines is 1. The number of likely N-dealkylation sites (N-methyl/N-ethyl adjacent to an activating group) is 1. The van der Waals surface area contributed by atoms with Crippen molar-refractivity contribution in [3.8, 4) is 0 Å². The number of fused-ring (bicyclic) bond motifs is 6. The van der Waals surface area contributed by atoms with Crippen molar-refractivity contribution in [3.05, 3.63) is 64.3 Å². The molecule has 2 fully saturated rings. The average molecular weight is 596 g/mol. The summed E-state index contributed by atoms with van der Waals surface area (Å²) in [5.41, 5.74) is 3.69. The van der Waals surface area contributed by atoms with Crippen LogP contribution in [0.15, 0.2) is 53.1 Å². The zero-order chi connectivity index (χ0) is 27.2. The number of carbonyl (C=O) groups excluding carboxylic acids is 2. The molecule has 7 nitrogen and oxygen atoms in total. The zero-order valence-electron chi connectivity index (χ0n) is 22.8. The Morgan fingerprint density at radius 1 is 1.11 bits per heavy atom. The molecule has 38 heavy (non-hydrogen) atoms. The third-order valence-electron chi connectivity index (χ3n) is 9.47. The van der Waals surface area contributed by atoms with Gasteiger partial charge in [-0.25, -0.2) is 0 Å². The number of nitrogens with one attached hydrogen (secondary N) is 2. The van der Waals surface area contributed by atoms with Gasteiger partial charge in [-0.15, -0.1) is 0 Å². The summed E-state index contributed by atoms with van der Waals surface area (Å²) in [6.07, 6.45) is 2.21. The Morgan fingerprint density at radius 3 is 2.58 bits per heavy atom. The molecule has 0 saturated carbocycles. The maximum Gasteiger partial charge on any atom is 0.250 e. The summed E-state index contributed by atoms with van der Waals surface area (Å²) in [6.45, 7) is 11.1. The highest BCUT2D eigenvalue weighted by molar-refractivity contribution is 9.10. The Hall–Kier alpha value is -2.62. The van der Waals surface area contributed by atoms with E-state index in [-0.39, 0.29) is 29.6 Å². The summed E-state index contributed by atoms with van der Waals surface area (Å²) < 4.78 is 7.47. The minimum atomic E-state index is -2.11. The van der Waals surface area contributed by atoms with Gasteiger partial charge in [0.1, 0.15) is 18.2 Å². The number of halogens is 1. The summed E-state index contributed by atoms with van der Waals surface area (Å²) >= 11 is 3.64. The van der Waals surface area contributed by atoms with E-state index < -0.39 is 25.8 Å². The fourth-order valence-electron chi connectivity index (χ4n) is 6.29. The van der Waals surface area contributed by atoms with Crippen LogP contribution in [-0.2, 0) is 19.4 Å². The molecule has 0 bridgehead atoms. The van der Waals surface area contributed by atoms with Gasteiger partial charge in [0.15, 0.2) is 8.32 Å². The first-order valence-electron chi connectivity index (χ1n) is 13.2. The molecule has 0 radical (unpaired) electrons. The Labute approximate surface area is 233 Å². The van der Waals surface area contributed by atoms with E-state index in [4.69, 9.17) is 4.43 Å². The number of carbonyl (C=O) groups is 2. The van der Waals surface area contributed by atoms with Gasteiger partial charge in [0.2, 0.25) is 11.8 Å². The Balaban J connectivity index is 1.45. The Kier molecular flexibility index (Phi) is 5.69. The van der Waals surface area contributed by atoms with Crippen LogP contribution in [0.1, 0.15) is 38.3 Å². The number of benzene rings is 2. The normalized spacial score (nSPS) is 27.0. The first-order valence-corrected chi connectivity index (χ1v) is 16.9. The molecule has 3 aliphatic heterocycles. The standard InChI is InChI=1S/C29H35BrN4O3Si/c1-28(2,3)38(5,6)37-16-24-26(36)34-23(25(35)33(24)4)14-29(19-9-7-8-10-22(19)32-27(29)34)20-15-31-21-12-11-17(30)13-18(20)21/h7-13,15,23-24,27,31-32H,14,16H2,1-6H3/t23-,24+,27+,29+/m0/s1. The van der Waals surface area contributed by atoms with Gasteiger partial charge in [0.05, 0.1) is 12.0 Å². The summed E-state index contributed by atoms with van der Waals surface area (Å²) in [6, 6.07) is 13.3. The van der Waals surface area contributed by atoms with Crippen molar-refractivity contribution < 1.29 is 14.0 Å². The summed E-state index contributed by atoms with van der Waals surface area (Å²) in [4.78, 5) is 35.1. The number of aromatic amines is 1. The van der Waals surface area contributed by atoms with E-state index in [1.165, 1.54) is 0 Å². The zero-order valence-corrected chi connectivity index (χ0v) is 25.3. The maximum absolute atomic E-state index is 14.3. The molecule has 6 rings (SSSR count). The van der Waals surface area contributed by atoms with Gasteiger partial charge in [0, 0.05) is 34.3 Å². The SMILES string of the molecule is CN1C(=O)[C@@H]2C[C@]3(c4c[nH]c5ccc(Br)cc45)c4ccccc4N[C@@H]3N2C(=O)[C@H]1CO[Si](C)(C)C(C)(C)C. The van der Waals surface area contributed by atoms with Crippen molar-refractivity contribution in [2.75, 3.05) is 19.0 Å². The second-order valence-corrected chi connectivity index (χ2v) is 18.2. The molecule has 4 heterocycles. The molecule has 1 aromatic heterocycles. The van der Waals surface area contributed by atoms with Crippen LogP contribution in [-0.4, -0.2) is 66.8 Å². The second-order valence-electron chi connectivity index (χ2n) is 12.5. The van der Waals surface area contributed by atoms with Gasteiger partial charge in [-0.3, -0.25) is 9.59 Å². The molecule has 2 N–H and O–H groups in total. The summed E-state index contributed by atoms with van der Waals surface area (Å²) in [5.74, 6) is -0.0773. The van der Waals surface area contributed by atoms with Crippen molar-refractivity contribution >= 4 is 52.7 Å². The maximum atomic E-state index is 14.3. The van der Waals surface area contributed by atoms with Crippen LogP contribution in [0.2, 0.25) is 18.1 Å². The van der Waals surface area contributed by atoms with Crippen molar-refractivity contribution in [3.63, 3.8) is 0 Å². The largest absolute Gasteiger partial charge is 0.414 e. The molecule has 2 amide bonds. The first-order chi connectivity index (χ1) is 17.9. The Morgan fingerprint density at radius 2 is 1.84 bits per heavy atom. The van der Waals surface area contributed by atoms with Crippen molar-refractivity contribution in [1.29, 1.82) is 0 Å². The summed E-state index contributed by atoms with van der Waals surface area (Å²) in [7, 11) is -0.357. The number of piperazine rings is 1. The molecule has 0 spiro atoms. The topological polar surface area (TPSA) is 77.7 Å². The number of hydrogen-bond donors (Lipinski definition) is 2. The van der Waals surface area contributed by atoms with Crippen LogP contribution >= 0.6 is 15.9 Å². The molecule has 2 saturated heterocycles. The number of amides is 2. The van der Waals surface area contributed by atoms with Gasteiger partial charge >= 0.3 is 0 Å². The van der Waals surface area contributed by atoms with E-state index in [9.17, 15) is 9.59 Å². The van der Waals surface area contributed by atoms with Crippen LogP contribution in [0.4, 0.5) is 5.69 Å². The van der Waals surface area contributed by atoms with Crippen LogP contribution in [0, 0.1) is 0 Å². The molecule has 9 heteroatoms. The monoisotopic (exact) mass is 594 g/mol. The predicted octanol–water partition coefficient (Wildman–Crippen LogP) is 5.43. The highest BCUT2D eigenvalue weighted by Gasteiger charge is 2.65. The lowest BCUT2D eigenvalue weighted by Crippen LogP contribution is -2.66. The fraction of sp³-hybridized carbons (Fsp3) is 0.448. The minimum Gasteiger partial charge on any atom is -0.414 e. The predicted molar refractivity (Wildman–Crippen MR) is 156 cm³/mol. The van der Waals surface area contributed by atoms with Crippen molar-refractivity contribution in [2.24, 2.45) is 0 Å². The number of hydrogen-bond acceptors (Lipinski definition) is 4. The third kappa shape index (κ3) is 3.47. The van der Waals surface area contributed by atoms with E-state index in [0.717, 1.165) is 32.2 Å². The molecular formula is C29H35BrN4O3Si. The lowest BCUT2D eigenvalue weighted by atomic mass is 9.72. The quantitative estimate of drug-likeness (QED) is 0.395. The van der Waals surface area contributed by atoms with Gasteiger partial charge in [-0.05, 0) is 59.9 Å². The van der Waals surface area contributed by atoms with E-state index in [1.54, 1.807) is 11.9 Å². The lowest BCUT2D eigenvalue weighted by Gasteiger charge is -2.44. The number of nitrogens with zero attached hydrogens (tertiary/aromatic N) is 2. The smallest absolute Gasteiger partial charge is 0.250 e. The molecular weight excluding hydrogens is 560 g/mol. The van der Waals surface area contributed by atoms with Gasteiger partial charge in [-0.2, -0.15) is 0 Å². The summed E-state index contributed by atoms with van der Waals surface area (Å²) in [5, 5.41) is 4.77. The minimum absolute atomic E-state index is 0.0108. The number of para-hydroxylation sites is 1. The van der Waals surface area contributed by atoms with E-state index in [1.807, 2.05) is 23.1 Å². The average Bonchev–Trinajstić information content (AvgIpc) is 3.50. The molecule has 3 aromatic rings. The van der Waals surface area contributed by atoms with E-state index in [2.05, 4.69) is 90.6 Å². The Bertz CT molecular complexity index is 1460. The first kappa shape index (κ1) is 25.6. The molecule has 0 aliphatic carbocycles. The second kappa shape index (κ2) is 8.44. The highest BCUT2D eigenvalue weighted by atomic mass is 79.9. The van der Waals surface area contributed by atoms with Crippen molar-refractivity contribution in [2.45, 2.75) is 69.0 Å². The van der Waals surface area contributed by atoms with Crippen LogP contribution in [0.5, 0.6) is 0 Å². The van der Waals surface area contributed by atoms with E-state index >= 15 is 0 Å². The van der Waals surface area contributed by atoms with Gasteiger partial charge < -0.3 is 24.5 Å². The van der Waals surface area contributed by atoms with Gasteiger partial charge in [0.25, 0.3) is 0 Å². The van der Waals surface area contributed by atoms with Gasteiger partial charge in [-0.1, -0.05) is 54.9 Å². The molecule has 200 valence electrons. The molecule has 2 aromatic carbocycles. The van der Waals surface area contributed by atoms with Crippen LogP contribution < -0.4 is 5.32 Å². The number of aromatic nitrogens is 1. The number of rotatable bonds is 4. The van der Waals surface area contributed by atoms with Crippen molar-refractivity contribution in [1.82, 2.24) is 14.8 Å². The fourth-order valence-corrected chi connectivity index (χ4v) is 7.66. The molecule has 3 aliphatic rings. The molecule has 0 unspecified atom stereocenters. The third-order valence-corrected chi connectivity index (χ3v) is 14.5. The lowest BCUT2D eigenvalue weighted by molar-refractivity contribution is -0.160. The van der Waals surface area contributed by atoms with E-state index in [0.29, 0.717) is 6.42 Å². The highest BCUT2D eigenvalue weighted by Crippen LogP contribution is 2.57. The number of H-pyrrole nitrogens is 1. The van der Waals surface area contributed by atoms with Crippen LogP contribution in [0.3, 0.4) is 0 Å². The van der Waals surface area contributed by atoms with Crippen LogP contribution in [0.25, 0.3) is 10.9 Å².